The number of nitrogens with zero attached hydrogens (tertiary/aromatic N) is 1. The molecule has 6 heteroatoms. The first-order chi connectivity index (χ1) is 15.2. The van der Waals surface area contributed by atoms with Gasteiger partial charge in [0.25, 0.3) is 0 Å². The number of benzene rings is 2. The minimum absolute atomic E-state index is 0.252. The second-order valence-corrected chi connectivity index (χ2v) is 8.79. The Balaban J connectivity index is 1.30. The van der Waals surface area contributed by atoms with E-state index < -0.39 is 0 Å². The number of methoxy groups -OCH3 is 1. The van der Waals surface area contributed by atoms with Crippen LogP contribution in [0.2, 0.25) is 0 Å². The summed E-state index contributed by atoms with van der Waals surface area (Å²) in [6.45, 7) is 1.83. The van der Waals surface area contributed by atoms with Crippen LogP contribution in [0.25, 0.3) is 11.1 Å². The summed E-state index contributed by atoms with van der Waals surface area (Å²) in [5.74, 6) is 2.64. The summed E-state index contributed by atoms with van der Waals surface area (Å²) in [6.07, 6.45) is 6.71. The van der Waals surface area contributed by atoms with E-state index in [1.54, 1.807) is 19.2 Å². The number of nitrogens with one attached hydrogen (secondary N) is 1. The quantitative estimate of drug-likeness (QED) is 0.587. The average Bonchev–Trinajstić information content (AvgIpc) is 3.44. The minimum Gasteiger partial charge on any atom is -0.493 e. The SMILES string of the molecule is COc1ccc([C@H]2CNC[C@@H](Cc3nc4cccc(F)c4o3)C2)cc1OC1CCCC1. The minimum atomic E-state index is -0.357. The van der Waals surface area contributed by atoms with Crippen LogP contribution in [0.3, 0.4) is 0 Å². The molecule has 1 saturated heterocycles. The molecule has 0 radical (unpaired) electrons. The van der Waals surface area contributed by atoms with Crippen molar-refractivity contribution in [1.29, 1.82) is 0 Å². The Kier molecular flexibility index (Phi) is 5.81. The molecule has 5 rings (SSSR count). The van der Waals surface area contributed by atoms with Crippen LogP contribution in [0.1, 0.15) is 49.5 Å². The highest BCUT2D eigenvalue weighted by Gasteiger charge is 2.26. The van der Waals surface area contributed by atoms with E-state index in [0.29, 0.717) is 35.8 Å². The maximum absolute atomic E-state index is 13.9. The lowest BCUT2D eigenvalue weighted by Gasteiger charge is -2.30. The highest BCUT2D eigenvalue weighted by atomic mass is 19.1. The highest BCUT2D eigenvalue weighted by Crippen LogP contribution is 2.37. The maximum Gasteiger partial charge on any atom is 0.195 e. The van der Waals surface area contributed by atoms with Crippen LogP contribution in [0.4, 0.5) is 4.39 Å². The molecule has 164 valence electrons. The lowest BCUT2D eigenvalue weighted by atomic mass is 9.84. The zero-order valence-electron chi connectivity index (χ0n) is 17.9. The first-order valence-electron chi connectivity index (χ1n) is 11.3. The number of halogens is 1. The van der Waals surface area contributed by atoms with Gasteiger partial charge in [0.2, 0.25) is 0 Å². The Morgan fingerprint density at radius 3 is 2.81 bits per heavy atom. The van der Waals surface area contributed by atoms with Gasteiger partial charge in [-0.25, -0.2) is 9.37 Å². The van der Waals surface area contributed by atoms with Gasteiger partial charge in [-0.2, -0.15) is 0 Å². The van der Waals surface area contributed by atoms with Crippen LogP contribution in [-0.2, 0) is 6.42 Å². The lowest BCUT2D eigenvalue weighted by molar-refractivity contribution is 0.200. The van der Waals surface area contributed by atoms with Gasteiger partial charge in [-0.15, -0.1) is 0 Å². The van der Waals surface area contributed by atoms with Crippen molar-refractivity contribution in [3.8, 4) is 11.5 Å². The van der Waals surface area contributed by atoms with Crippen molar-refractivity contribution in [2.75, 3.05) is 20.2 Å². The molecule has 5 nitrogen and oxygen atoms in total. The second kappa shape index (κ2) is 8.87. The standard InChI is InChI=1S/C25H29FN2O3/c1-29-22-10-9-17(13-23(22)30-19-5-2-3-6-19)18-11-16(14-27-15-18)12-24-28-21-8-4-7-20(26)25(21)31-24/h4,7-10,13,16,18-19,27H,2-3,5-6,11-12,14-15H2,1H3/t16-,18-/m1/s1. The van der Waals surface area contributed by atoms with Gasteiger partial charge in [-0.05, 0) is 80.3 Å². The molecular weight excluding hydrogens is 395 g/mol. The number of rotatable bonds is 6. The molecule has 31 heavy (non-hydrogen) atoms. The fourth-order valence-electron chi connectivity index (χ4n) is 4.96. The molecule has 2 heterocycles. The Bertz CT molecular complexity index is 1040. The molecular formula is C25H29FN2O3. The van der Waals surface area contributed by atoms with Crippen LogP contribution in [-0.4, -0.2) is 31.3 Å². The number of hydrogen-bond acceptors (Lipinski definition) is 5. The third-order valence-electron chi connectivity index (χ3n) is 6.57. The molecule has 3 aromatic rings. The number of aromatic nitrogens is 1. The normalized spacial score (nSPS) is 22.1. The molecule has 1 N–H and O–H groups in total. The molecule has 0 spiro atoms. The number of para-hydroxylation sites is 1. The molecule has 0 amide bonds. The highest BCUT2D eigenvalue weighted by molar-refractivity contribution is 5.72. The summed E-state index contributed by atoms with van der Waals surface area (Å²) in [4.78, 5) is 4.49. The summed E-state index contributed by atoms with van der Waals surface area (Å²) < 4.78 is 31.5. The molecule has 2 aromatic carbocycles. The zero-order chi connectivity index (χ0) is 21.2. The van der Waals surface area contributed by atoms with E-state index in [1.165, 1.54) is 24.5 Å². The Morgan fingerprint density at radius 2 is 2.00 bits per heavy atom. The number of hydrogen-bond donors (Lipinski definition) is 1. The van der Waals surface area contributed by atoms with Gasteiger partial charge in [-0.1, -0.05) is 12.1 Å². The van der Waals surface area contributed by atoms with Crippen LogP contribution in [0, 0.1) is 11.7 Å². The van der Waals surface area contributed by atoms with E-state index in [4.69, 9.17) is 13.9 Å². The van der Waals surface area contributed by atoms with Gasteiger partial charge in [0.1, 0.15) is 5.52 Å². The molecule has 1 saturated carbocycles. The summed E-state index contributed by atoms with van der Waals surface area (Å²) in [7, 11) is 1.69. The number of fused-ring (bicyclic) bond motifs is 1. The number of piperidine rings is 1. The van der Waals surface area contributed by atoms with Crippen LogP contribution >= 0.6 is 0 Å². The Morgan fingerprint density at radius 1 is 1.13 bits per heavy atom. The van der Waals surface area contributed by atoms with E-state index in [-0.39, 0.29) is 11.4 Å². The average molecular weight is 425 g/mol. The molecule has 0 bridgehead atoms. The van der Waals surface area contributed by atoms with Crippen molar-refractivity contribution in [2.24, 2.45) is 5.92 Å². The van der Waals surface area contributed by atoms with Gasteiger partial charge >= 0.3 is 0 Å². The zero-order valence-corrected chi connectivity index (χ0v) is 17.9. The molecule has 2 aliphatic rings. The first-order valence-corrected chi connectivity index (χ1v) is 11.3. The van der Waals surface area contributed by atoms with Gasteiger partial charge in [0.15, 0.2) is 28.8 Å². The Hall–Kier alpha value is -2.60. The largest absolute Gasteiger partial charge is 0.493 e. The lowest BCUT2D eigenvalue weighted by Crippen LogP contribution is -2.36. The summed E-state index contributed by atoms with van der Waals surface area (Å²) in [6, 6.07) is 11.2. The van der Waals surface area contributed by atoms with Gasteiger partial charge < -0.3 is 19.2 Å². The van der Waals surface area contributed by atoms with Crippen LogP contribution in [0.5, 0.6) is 11.5 Å². The van der Waals surface area contributed by atoms with E-state index in [2.05, 4.69) is 22.4 Å². The summed E-state index contributed by atoms with van der Waals surface area (Å²) in [5, 5.41) is 3.55. The Labute approximate surface area is 181 Å². The van der Waals surface area contributed by atoms with Crippen molar-refractivity contribution >= 4 is 11.1 Å². The summed E-state index contributed by atoms with van der Waals surface area (Å²) in [5.41, 5.74) is 2.09. The topological polar surface area (TPSA) is 56.5 Å². The van der Waals surface area contributed by atoms with E-state index in [1.807, 2.05) is 6.07 Å². The van der Waals surface area contributed by atoms with E-state index in [9.17, 15) is 4.39 Å². The number of ether oxygens (including phenoxy) is 2. The second-order valence-electron chi connectivity index (χ2n) is 8.79. The van der Waals surface area contributed by atoms with E-state index in [0.717, 1.165) is 43.9 Å². The van der Waals surface area contributed by atoms with E-state index >= 15 is 0 Å². The summed E-state index contributed by atoms with van der Waals surface area (Å²) >= 11 is 0. The maximum atomic E-state index is 13.9. The molecule has 2 fully saturated rings. The molecule has 1 aromatic heterocycles. The predicted molar refractivity (Wildman–Crippen MR) is 117 cm³/mol. The molecule has 0 unspecified atom stereocenters. The van der Waals surface area contributed by atoms with Crippen molar-refractivity contribution in [3.63, 3.8) is 0 Å². The smallest absolute Gasteiger partial charge is 0.195 e. The monoisotopic (exact) mass is 424 g/mol. The van der Waals surface area contributed by atoms with Crippen LogP contribution < -0.4 is 14.8 Å². The fraction of sp³-hybridized carbons (Fsp3) is 0.480. The van der Waals surface area contributed by atoms with Crippen molar-refractivity contribution in [1.82, 2.24) is 10.3 Å². The predicted octanol–water partition coefficient (Wildman–Crippen LogP) is 5.23. The van der Waals surface area contributed by atoms with Gasteiger partial charge in [-0.3, -0.25) is 0 Å². The third-order valence-corrected chi connectivity index (χ3v) is 6.57. The van der Waals surface area contributed by atoms with Gasteiger partial charge in [0, 0.05) is 13.0 Å². The van der Waals surface area contributed by atoms with Crippen molar-refractivity contribution in [3.05, 3.63) is 53.7 Å². The van der Waals surface area contributed by atoms with Gasteiger partial charge in [0.05, 0.1) is 13.2 Å². The van der Waals surface area contributed by atoms with Crippen molar-refractivity contribution < 1.29 is 18.3 Å². The first kappa shape index (κ1) is 20.3. The fourth-order valence-corrected chi connectivity index (χ4v) is 4.96. The number of oxazole rings is 1. The molecule has 1 aliphatic carbocycles. The molecule has 2 atom stereocenters. The third kappa shape index (κ3) is 4.40. The molecule has 1 aliphatic heterocycles. The van der Waals surface area contributed by atoms with Crippen LogP contribution in [0.15, 0.2) is 40.8 Å². The van der Waals surface area contributed by atoms with Crippen molar-refractivity contribution in [2.45, 2.75) is 50.5 Å².